The molecule has 0 nitrogen and oxygen atoms in total. The first-order valence-electron chi connectivity index (χ1n) is 5.29. The van der Waals surface area contributed by atoms with Gasteiger partial charge in [0.25, 0.3) is 0 Å². The zero-order valence-electron chi connectivity index (χ0n) is 9.01. The van der Waals surface area contributed by atoms with Gasteiger partial charge in [0.15, 0.2) is 0 Å². The van der Waals surface area contributed by atoms with Gasteiger partial charge >= 0.3 is 0 Å². The fourth-order valence-corrected chi connectivity index (χ4v) is 1.85. The second kappa shape index (κ2) is 3.61. The van der Waals surface area contributed by atoms with Gasteiger partial charge in [-0.3, -0.25) is 0 Å². The van der Waals surface area contributed by atoms with Crippen molar-refractivity contribution in [1.29, 1.82) is 0 Å². The highest BCUT2D eigenvalue weighted by atomic mass is 14.3. The Kier molecular flexibility index (Phi) is 2.45. The number of hydrogen-bond acceptors (Lipinski definition) is 0. The van der Waals surface area contributed by atoms with Gasteiger partial charge in [-0.1, -0.05) is 31.2 Å². The zero-order chi connectivity index (χ0) is 10.1. The molecule has 0 aliphatic heterocycles. The highest BCUT2D eigenvalue weighted by Gasteiger charge is 2.24. The predicted molar refractivity (Wildman–Crippen MR) is 61.4 cm³/mol. The summed E-state index contributed by atoms with van der Waals surface area (Å²) < 4.78 is 0. The van der Waals surface area contributed by atoms with Gasteiger partial charge in [-0.05, 0) is 42.4 Å². The Morgan fingerprint density at radius 1 is 1.43 bits per heavy atom. The van der Waals surface area contributed by atoms with Crippen molar-refractivity contribution in [1.82, 2.24) is 0 Å². The normalized spacial score (nSPS) is 15.9. The van der Waals surface area contributed by atoms with Crippen molar-refractivity contribution in [3.63, 3.8) is 0 Å². The lowest BCUT2D eigenvalue weighted by molar-refractivity contribution is 1.10. The number of rotatable bonds is 3. The van der Waals surface area contributed by atoms with Gasteiger partial charge in [0.2, 0.25) is 0 Å². The van der Waals surface area contributed by atoms with E-state index < -0.39 is 0 Å². The monoisotopic (exact) mass is 185 g/mol. The molecule has 1 aromatic carbocycles. The summed E-state index contributed by atoms with van der Waals surface area (Å²) in [5, 5.41) is 0. The molecule has 1 saturated carbocycles. The molecule has 1 aromatic rings. The molecule has 0 N–H and O–H groups in total. The molecule has 1 fully saturated rings. The average Bonchev–Trinajstić information content (AvgIpc) is 3.01. The fourth-order valence-electron chi connectivity index (χ4n) is 1.85. The molecule has 73 valence electrons. The predicted octanol–water partition coefficient (Wildman–Crippen LogP) is 4.00. The van der Waals surface area contributed by atoms with Crippen molar-refractivity contribution in [2.45, 2.75) is 32.6 Å². The summed E-state index contributed by atoms with van der Waals surface area (Å²) in [5.74, 6) is 2.12. The van der Waals surface area contributed by atoms with E-state index in [2.05, 4.69) is 38.6 Å². The average molecular weight is 185 g/mol. The number of allylic oxidation sites excluding steroid dienone is 1. The maximum atomic E-state index is 3.83. The maximum absolute atomic E-state index is 3.83. The molecule has 0 unspecified atom stereocenters. The molecular formula is C14H17. The van der Waals surface area contributed by atoms with E-state index in [9.17, 15) is 0 Å². The molecule has 2 rings (SSSR count). The number of aryl methyl sites for hydroxylation is 1. The highest BCUT2D eigenvalue weighted by molar-refractivity contribution is 5.45. The van der Waals surface area contributed by atoms with E-state index in [4.69, 9.17) is 0 Å². The Morgan fingerprint density at radius 3 is 2.71 bits per heavy atom. The molecule has 0 atom stereocenters. The minimum absolute atomic E-state index is 0.840. The minimum Gasteiger partial charge on any atom is -0.102 e. The summed E-state index contributed by atoms with van der Waals surface area (Å²) in [6.07, 6.45) is 4.68. The van der Waals surface area contributed by atoms with E-state index in [1.807, 2.05) is 6.08 Å². The number of benzene rings is 1. The van der Waals surface area contributed by atoms with Crippen LogP contribution in [0.15, 0.2) is 30.9 Å². The van der Waals surface area contributed by atoms with Crippen molar-refractivity contribution in [3.05, 3.63) is 53.5 Å². The molecule has 0 amide bonds. The van der Waals surface area contributed by atoms with E-state index in [0.29, 0.717) is 0 Å². The first-order chi connectivity index (χ1) is 6.72. The van der Waals surface area contributed by atoms with Crippen LogP contribution in [0.5, 0.6) is 0 Å². The Bertz CT molecular complexity index is 345. The van der Waals surface area contributed by atoms with Crippen LogP contribution < -0.4 is 0 Å². The molecule has 0 aromatic heterocycles. The molecular weight excluding hydrogens is 168 g/mol. The fraction of sp³-hybridized carbons (Fsp3) is 0.357. The molecule has 1 aliphatic carbocycles. The summed E-state index contributed by atoms with van der Waals surface area (Å²) in [4.78, 5) is 0. The number of hydrogen-bond donors (Lipinski definition) is 0. The maximum Gasteiger partial charge on any atom is 0.0233 e. The van der Waals surface area contributed by atoms with Crippen LogP contribution in [0.25, 0.3) is 0 Å². The van der Waals surface area contributed by atoms with Gasteiger partial charge in [0, 0.05) is 5.92 Å². The lowest BCUT2D eigenvalue weighted by Crippen LogP contribution is -1.95. The first-order valence-corrected chi connectivity index (χ1v) is 5.29. The summed E-state index contributed by atoms with van der Waals surface area (Å²) in [6, 6.07) is 6.84. The largest absolute Gasteiger partial charge is 0.102 e. The second-order valence-electron chi connectivity index (χ2n) is 4.24. The third-order valence-electron chi connectivity index (χ3n) is 3.04. The van der Waals surface area contributed by atoms with E-state index in [1.54, 1.807) is 0 Å². The summed E-state index contributed by atoms with van der Waals surface area (Å²) in [6.45, 7) is 8.13. The SMILES string of the molecule is C=C[C](C)c1cc(C2CC2)ccc1C. The molecule has 0 saturated heterocycles. The van der Waals surface area contributed by atoms with E-state index in [0.717, 1.165) is 5.92 Å². The van der Waals surface area contributed by atoms with Gasteiger partial charge in [-0.2, -0.15) is 0 Å². The van der Waals surface area contributed by atoms with Crippen molar-refractivity contribution >= 4 is 0 Å². The lowest BCUT2D eigenvalue weighted by Gasteiger charge is -2.11. The van der Waals surface area contributed by atoms with Crippen molar-refractivity contribution < 1.29 is 0 Å². The minimum atomic E-state index is 0.840. The van der Waals surface area contributed by atoms with Crippen LogP contribution in [0.2, 0.25) is 0 Å². The van der Waals surface area contributed by atoms with Crippen molar-refractivity contribution in [2.75, 3.05) is 0 Å². The Morgan fingerprint density at radius 2 is 2.14 bits per heavy atom. The second-order valence-corrected chi connectivity index (χ2v) is 4.24. The molecule has 1 radical (unpaired) electrons. The van der Waals surface area contributed by atoms with Crippen molar-refractivity contribution in [2.24, 2.45) is 0 Å². The van der Waals surface area contributed by atoms with Crippen LogP contribution in [0.1, 0.15) is 42.4 Å². The van der Waals surface area contributed by atoms with E-state index in [-0.39, 0.29) is 0 Å². The first kappa shape index (κ1) is 9.51. The molecule has 0 spiro atoms. The summed E-state index contributed by atoms with van der Waals surface area (Å²) >= 11 is 0. The third-order valence-corrected chi connectivity index (χ3v) is 3.04. The summed E-state index contributed by atoms with van der Waals surface area (Å²) in [7, 11) is 0. The van der Waals surface area contributed by atoms with Crippen LogP contribution in [0.4, 0.5) is 0 Å². The zero-order valence-corrected chi connectivity index (χ0v) is 9.01. The van der Waals surface area contributed by atoms with Gasteiger partial charge in [0.1, 0.15) is 0 Å². The third kappa shape index (κ3) is 1.75. The van der Waals surface area contributed by atoms with Gasteiger partial charge in [-0.25, -0.2) is 0 Å². The Hall–Kier alpha value is -1.04. The Labute approximate surface area is 86.7 Å². The van der Waals surface area contributed by atoms with E-state index in [1.165, 1.54) is 35.4 Å². The molecule has 0 bridgehead atoms. The highest BCUT2D eigenvalue weighted by Crippen LogP contribution is 2.41. The van der Waals surface area contributed by atoms with Gasteiger partial charge in [-0.15, -0.1) is 6.58 Å². The van der Waals surface area contributed by atoms with Crippen LogP contribution in [-0.2, 0) is 0 Å². The standard InChI is InChI=1S/C14H17/c1-4-10(2)14-9-13(12-7-8-12)6-5-11(14)3/h4-6,9,12H,1,7-8H2,2-3H3. The van der Waals surface area contributed by atoms with E-state index >= 15 is 0 Å². The molecule has 0 heteroatoms. The molecule has 0 heterocycles. The quantitative estimate of drug-likeness (QED) is 0.667. The van der Waals surface area contributed by atoms with Crippen LogP contribution >= 0.6 is 0 Å². The topological polar surface area (TPSA) is 0 Å². The summed E-state index contributed by atoms with van der Waals surface area (Å²) in [5.41, 5.74) is 4.22. The smallest absolute Gasteiger partial charge is 0.0233 e. The van der Waals surface area contributed by atoms with Crippen LogP contribution in [0.3, 0.4) is 0 Å². The van der Waals surface area contributed by atoms with Crippen LogP contribution in [-0.4, -0.2) is 0 Å². The molecule has 1 aliphatic rings. The lowest BCUT2D eigenvalue weighted by atomic mass is 9.93. The molecule has 14 heavy (non-hydrogen) atoms. The van der Waals surface area contributed by atoms with Gasteiger partial charge in [0.05, 0.1) is 0 Å². The van der Waals surface area contributed by atoms with Crippen LogP contribution in [0, 0.1) is 12.8 Å². The van der Waals surface area contributed by atoms with Gasteiger partial charge < -0.3 is 0 Å². The van der Waals surface area contributed by atoms with Crippen molar-refractivity contribution in [3.8, 4) is 0 Å². The Balaban J connectivity index is 2.35.